The van der Waals surface area contributed by atoms with Gasteiger partial charge in [-0.15, -0.1) is 0 Å². The van der Waals surface area contributed by atoms with E-state index in [-0.39, 0.29) is 18.6 Å². The molecule has 0 radical (unpaired) electrons. The van der Waals surface area contributed by atoms with Crippen molar-refractivity contribution in [3.63, 3.8) is 0 Å². The number of pyridine rings is 1. The molecule has 1 amide bonds. The smallest absolute Gasteiger partial charge is 0.339 e. The monoisotopic (exact) mass is 392 g/mol. The molecule has 3 heterocycles. The predicted octanol–water partition coefficient (Wildman–Crippen LogP) is 3.46. The van der Waals surface area contributed by atoms with Crippen LogP contribution in [-0.2, 0) is 9.53 Å². The van der Waals surface area contributed by atoms with E-state index < -0.39 is 5.97 Å². The third kappa shape index (κ3) is 3.85. The molecule has 1 fully saturated rings. The average molecular weight is 392 g/mol. The van der Waals surface area contributed by atoms with Crippen molar-refractivity contribution in [3.05, 3.63) is 48.2 Å². The second kappa shape index (κ2) is 8.03. The molecule has 3 aromatic rings. The number of likely N-dealkylation sites (tertiary alicyclic amines) is 1. The van der Waals surface area contributed by atoms with Crippen molar-refractivity contribution in [2.24, 2.45) is 0 Å². The maximum Gasteiger partial charge on any atom is 0.339 e. The summed E-state index contributed by atoms with van der Waals surface area (Å²) in [5.74, 6) is -0.687. The lowest BCUT2D eigenvalue weighted by Crippen LogP contribution is -2.32. The molecule has 1 aromatic carbocycles. The molecule has 0 unspecified atom stereocenters. The molecule has 0 spiro atoms. The van der Waals surface area contributed by atoms with Gasteiger partial charge in [-0.25, -0.2) is 14.5 Å². The van der Waals surface area contributed by atoms with Crippen LogP contribution in [0.25, 0.3) is 22.3 Å². The molecule has 1 saturated heterocycles. The van der Waals surface area contributed by atoms with Crippen LogP contribution in [-0.4, -0.2) is 51.2 Å². The van der Waals surface area contributed by atoms with Gasteiger partial charge in [-0.05, 0) is 32.8 Å². The summed E-state index contributed by atoms with van der Waals surface area (Å²) in [4.78, 5) is 31.6. The molecule has 0 bridgehead atoms. The largest absolute Gasteiger partial charge is 0.452 e. The van der Waals surface area contributed by atoms with Gasteiger partial charge in [-0.3, -0.25) is 4.79 Å². The van der Waals surface area contributed by atoms with Gasteiger partial charge in [0.15, 0.2) is 12.3 Å². The van der Waals surface area contributed by atoms with Crippen LogP contribution in [0.15, 0.2) is 42.6 Å². The quantitative estimate of drug-likeness (QED) is 0.622. The molecule has 2 aromatic heterocycles. The van der Waals surface area contributed by atoms with Crippen molar-refractivity contribution in [3.8, 4) is 11.3 Å². The average Bonchev–Trinajstić information content (AvgIpc) is 3.41. The molecule has 4 rings (SSSR count). The van der Waals surface area contributed by atoms with Crippen LogP contribution in [0.4, 0.5) is 0 Å². The molecule has 150 valence electrons. The molecule has 0 aliphatic carbocycles. The topological polar surface area (TPSA) is 77.3 Å². The standard InChI is InChI=1S/C22H24N4O3/c1-15(2)26-21-18(13-23-26)17(12-19(24-21)16-8-4-3-5-9-16)22(28)29-14-20(27)25-10-6-7-11-25/h3-5,8-9,12-13,15H,6-7,10-11,14H2,1-2H3. The van der Waals surface area contributed by atoms with Gasteiger partial charge in [-0.1, -0.05) is 30.3 Å². The summed E-state index contributed by atoms with van der Waals surface area (Å²) in [6, 6.07) is 11.5. The van der Waals surface area contributed by atoms with E-state index >= 15 is 0 Å². The number of rotatable bonds is 5. The van der Waals surface area contributed by atoms with E-state index in [4.69, 9.17) is 9.72 Å². The fourth-order valence-corrected chi connectivity index (χ4v) is 3.58. The fraction of sp³-hybridized carbons (Fsp3) is 0.364. The highest BCUT2D eigenvalue weighted by Gasteiger charge is 2.22. The minimum Gasteiger partial charge on any atom is -0.452 e. The highest BCUT2D eigenvalue weighted by molar-refractivity contribution is 6.04. The van der Waals surface area contributed by atoms with Gasteiger partial charge in [0.2, 0.25) is 0 Å². The zero-order valence-electron chi connectivity index (χ0n) is 16.7. The van der Waals surface area contributed by atoms with Gasteiger partial charge in [0, 0.05) is 24.7 Å². The number of benzene rings is 1. The number of esters is 1. The SMILES string of the molecule is CC(C)n1ncc2c(C(=O)OCC(=O)N3CCCC3)cc(-c3ccccc3)nc21. The Morgan fingerprint density at radius 2 is 1.86 bits per heavy atom. The van der Waals surface area contributed by atoms with E-state index in [0.29, 0.717) is 22.3 Å². The molecule has 7 heteroatoms. The first-order valence-electron chi connectivity index (χ1n) is 9.93. The predicted molar refractivity (Wildman–Crippen MR) is 109 cm³/mol. The molecule has 1 aliphatic heterocycles. The Labute approximate surface area is 169 Å². The summed E-state index contributed by atoms with van der Waals surface area (Å²) in [7, 11) is 0. The van der Waals surface area contributed by atoms with Crippen molar-refractivity contribution in [2.45, 2.75) is 32.7 Å². The molecular formula is C22H24N4O3. The Hall–Kier alpha value is -3.22. The van der Waals surface area contributed by atoms with Gasteiger partial charge in [0.05, 0.1) is 22.8 Å². The lowest BCUT2D eigenvalue weighted by atomic mass is 10.1. The molecular weight excluding hydrogens is 368 g/mol. The highest BCUT2D eigenvalue weighted by atomic mass is 16.5. The summed E-state index contributed by atoms with van der Waals surface area (Å²) in [6.07, 6.45) is 3.63. The van der Waals surface area contributed by atoms with Crippen molar-refractivity contribution in [1.29, 1.82) is 0 Å². The Morgan fingerprint density at radius 3 is 2.55 bits per heavy atom. The molecule has 29 heavy (non-hydrogen) atoms. The zero-order valence-corrected chi connectivity index (χ0v) is 16.7. The third-order valence-electron chi connectivity index (χ3n) is 5.13. The van der Waals surface area contributed by atoms with Crippen LogP contribution >= 0.6 is 0 Å². The van der Waals surface area contributed by atoms with Crippen molar-refractivity contribution >= 4 is 22.9 Å². The third-order valence-corrected chi connectivity index (χ3v) is 5.13. The summed E-state index contributed by atoms with van der Waals surface area (Å²) >= 11 is 0. The number of amides is 1. The molecule has 7 nitrogen and oxygen atoms in total. The number of carbonyl (C=O) groups is 2. The van der Waals surface area contributed by atoms with Crippen molar-refractivity contribution < 1.29 is 14.3 Å². The Morgan fingerprint density at radius 1 is 1.14 bits per heavy atom. The van der Waals surface area contributed by atoms with E-state index in [1.165, 1.54) is 0 Å². The van der Waals surface area contributed by atoms with Gasteiger partial charge < -0.3 is 9.64 Å². The second-order valence-electron chi connectivity index (χ2n) is 7.51. The first-order valence-corrected chi connectivity index (χ1v) is 9.93. The van der Waals surface area contributed by atoms with E-state index in [2.05, 4.69) is 5.10 Å². The fourth-order valence-electron chi connectivity index (χ4n) is 3.58. The molecule has 0 N–H and O–H groups in total. The highest BCUT2D eigenvalue weighted by Crippen LogP contribution is 2.26. The van der Waals surface area contributed by atoms with Crippen LogP contribution in [0.3, 0.4) is 0 Å². The lowest BCUT2D eigenvalue weighted by Gasteiger charge is -2.15. The van der Waals surface area contributed by atoms with Crippen molar-refractivity contribution in [2.75, 3.05) is 19.7 Å². The number of carbonyl (C=O) groups excluding carboxylic acids is 2. The maximum absolute atomic E-state index is 12.9. The van der Waals surface area contributed by atoms with Crippen LogP contribution < -0.4 is 0 Å². The summed E-state index contributed by atoms with van der Waals surface area (Å²) in [6.45, 7) is 5.23. The van der Waals surface area contributed by atoms with E-state index in [9.17, 15) is 9.59 Å². The van der Waals surface area contributed by atoms with Gasteiger partial charge in [-0.2, -0.15) is 5.10 Å². The number of nitrogens with zero attached hydrogens (tertiary/aromatic N) is 4. The minimum atomic E-state index is -0.537. The van der Waals surface area contributed by atoms with Crippen LogP contribution in [0.2, 0.25) is 0 Å². The van der Waals surface area contributed by atoms with Crippen molar-refractivity contribution in [1.82, 2.24) is 19.7 Å². The number of fused-ring (bicyclic) bond motifs is 1. The van der Waals surface area contributed by atoms with E-state index in [0.717, 1.165) is 31.5 Å². The van der Waals surface area contributed by atoms with Crippen LogP contribution in [0, 0.1) is 0 Å². The zero-order chi connectivity index (χ0) is 20.4. The van der Waals surface area contributed by atoms with E-state index in [1.54, 1.807) is 21.8 Å². The van der Waals surface area contributed by atoms with Gasteiger partial charge in [0.25, 0.3) is 5.91 Å². The number of aromatic nitrogens is 3. The summed E-state index contributed by atoms with van der Waals surface area (Å²) in [5, 5.41) is 5.02. The minimum absolute atomic E-state index is 0.0895. The lowest BCUT2D eigenvalue weighted by molar-refractivity contribution is -0.133. The molecule has 0 atom stereocenters. The number of hydrogen-bond donors (Lipinski definition) is 0. The number of ether oxygens (including phenoxy) is 1. The number of hydrogen-bond acceptors (Lipinski definition) is 5. The normalized spacial score (nSPS) is 14.0. The first kappa shape index (κ1) is 19.1. The Balaban J connectivity index is 1.68. The first-order chi connectivity index (χ1) is 14.0. The Bertz CT molecular complexity index is 1040. The summed E-state index contributed by atoms with van der Waals surface area (Å²) in [5.41, 5.74) is 2.56. The molecule has 0 saturated carbocycles. The Kier molecular flexibility index (Phi) is 5.29. The molecule has 1 aliphatic rings. The van der Waals surface area contributed by atoms with Crippen LogP contribution in [0.5, 0.6) is 0 Å². The van der Waals surface area contributed by atoms with Gasteiger partial charge in [0.1, 0.15) is 0 Å². The summed E-state index contributed by atoms with van der Waals surface area (Å²) < 4.78 is 7.16. The maximum atomic E-state index is 12.9. The van der Waals surface area contributed by atoms with Crippen LogP contribution in [0.1, 0.15) is 43.1 Å². The second-order valence-corrected chi connectivity index (χ2v) is 7.51. The van der Waals surface area contributed by atoms with E-state index in [1.807, 2.05) is 44.2 Å². The van der Waals surface area contributed by atoms with Gasteiger partial charge >= 0.3 is 5.97 Å².